The summed E-state index contributed by atoms with van der Waals surface area (Å²) in [6, 6.07) is 1.23. The van der Waals surface area contributed by atoms with E-state index in [1.807, 2.05) is 0 Å². The van der Waals surface area contributed by atoms with Crippen molar-refractivity contribution in [1.82, 2.24) is 4.90 Å². The Labute approximate surface area is 120 Å². The molecule has 1 atom stereocenters. The Hall–Kier alpha value is -2.18. The molecule has 0 aromatic heterocycles. The van der Waals surface area contributed by atoms with Gasteiger partial charge in [-0.3, -0.25) is 4.79 Å². The molecule has 1 aliphatic rings. The van der Waals surface area contributed by atoms with E-state index in [9.17, 15) is 18.4 Å². The van der Waals surface area contributed by atoms with Gasteiger partial charge < -0.3 is 15.3 Å². The van der Waals surface area contributed by atoms with Crippen LogP contribution in [0.3, 0.4) is 0 Å². The highest BCUT2D eigenvalue weighted by molar-refractivity contribution is 5.90. The van der Waals surface area contributed by atoms with Gasteiger partial charge in [-0.15, -0.1) is 0 Å². The van der Waals surface area contributed by atoms with Gasteiger partial charge in [0.2, 0.25) is 0 Å². The third-order valence-corrected chi connectivity index (χ3v) is 3.56. The van der Waals surface area contributed by atoms with Gasteiger partial charge >= 0.3 is 12.0 Å². The van der Waals surface area contributed by atoms with Crippen molar-refractivity contribution in [3.63, 3.8) is 0 Å². The number of aryl methyl sites for hydroxylation is 1. The third-order valence-electron chi connectivity index (χ3n) is 3.56. The number of carbonyl (C=O) groups is 2. The van der Waals surface area contributed by atoms with Gasteiger partial charge in [-0.25, -0.2) is 13.6 Å². The summed E-state index contributed by atoms with van der Waals surface area (Å²) in [5.74, 6) is -2.69. The van der Waals surface area contributed by atoms with Crippen LogP contribution in [0.4, 0.5) is 19.3 Å². The number of carboxylic acids is 1. The lowest BCUT2D eigenvalue weighted by molar-refractivity contribution is -0.137. The number of urea groups is 1. The monoisotopic (exact) mass is 298 g/mol. The van der Waals surface area contributed by atoms with Crippen LogP contribution in [-0.4, -0.2) is 34.6 Å². The number of hydrogen-bond acceptors (Lipinski definition) is 2. The van der Waals surface area contributed by atoms with E-state index in [-0.39, 0.29) is 12.0 Å². The van der Waals surface area contributed by atoms with E-state index in [1.54, 1.807) is 0 Å². The fourth-order valence-corrected chi connectivity index (χ4v) is 2.47. The van der Waals surface area contributed by atoms with Crippen LogP contribution in [0.15, 0.2) is 12.1 Å². The summed E-state index contributed by atoms with van der Waals surface area (Å²) >= 11 is 0. The molecule has 0 aliphatic carbocycles. The number of amides is 2. The molecule has 2 amide bonds. The summed E-state index contributed by atoms with van der Waals surface area (Å²) < 4.78 is 27.5. The number of carboxylic acid groups (broad SMARTS) is 1. The lowest BCUT2D eigenvalue weighted by atomic mass is 10.1. The number of rotatable bonds is 3. The molecule has 0 bridgehead atoms. The third kappa shape index (κ3) is 3.29. The lowest BCUT2D eigenvalue weighted by Crippen LogP contribution is -2.40. The first-order chi connectivity index (χ1) is 9.90. The largest absolute Gasteiger partial charge is 0.481 e. The smallest absolute Gasteiger partial charge is 0.322 e. The fraction of sp³-hybridized carbons (Fsp3) is 0.429. The molecule has 1 fully saturated rings. The average Bonchev–Trinajstić information content (AvgIpc) is 2.86. The van der Waals surface area contributed by atoms with Gasteiger partial charge in [0.05, 0.1) is 6.42 Å². The van der Waals surface area contributed by atoms with Crippen LogP contribution in [0.2, 0.25) is 0 Å². The summed E-state index contributed by atoms with van der Waals surface area (Å²) in [5, 5.41) is 11.0. The predicted octanol–water partition coefficient (Wildman–Crippen LogP) is 2.74. The Kier molecular flexibility index (Phi) is 4.40. The summed E-state index contributed by atoms with van der Waals surface area (Å²) in [6.45, 7) is 1.84. The van der Waals surface area contributed by atoms with Crippen molar-refractivity contribution in [2.45, 2.75) is 32.2 Å². The molecule has 0 saturated carbocycles. The van der Waals surface area contributed by atoms with E-state index >= 15 is 0 Å². The first-order valence-corrected chi connectivity index (χ1v) is 6.64. The Morgan fingerprint density at radius 3 is 2.81 bits per heavy atom. The maximum Gasteiger partial charge on any atom is 0.322 e. The summed E-state index contributed by atoms with van der Waals surface area (Å²) in [7, 11) is 0. The highest BCUT2D eigenvalue weighted by Gasteiger charge is 2.31. The SMILES string of the molecule is Cc1ccc(F)c(NC(=O)N2CCCC2CC(=O)O)c1F. The fourth-order valence-electron chi connectivity index (χ4n) is 2.47. The van der Waals surface area contributed by atoms with Crippen molar-refractivity contribution in [2.24, 2.45) is 0 Å². The molecular weight excluding hydrogens is 282 g/mol. The highest BCUT2D eigenvalue weighted by Crippen LogP contribution is 2.25. The van der Waals surface area contributed by atoms with Crippen LogP contribution in [0, 0.1) is 18.6 Å². The summed E-state index contributed by atoms with van der Waals surface area (Å²) in [4.78, 5) is 24.2. The van der Waals surface area contributed by atoms with Crippen LogP contribution in [0.25, 0.3) is 0 Å². The van der Waals surface area contributed by atoms with Crippen LogP contribution in [-0.2, 0) is 4.79 Å². The minimum absolute atomic E-state index is 0.174. The van der Waals surface area contributed by atoms with Crippen LogP contribution >= 0.6 is 0 Å². The number of nitrogens with one attached hydrogen (secondary N) is 1. The number of aliphatic carboxylic acids is 1. The van der Waals surface area contributed by atoms with E-state index < -0.39 is 35.4 Å². The number of halogens is 2. The predicted molar refractivity (Wildman–Crippen MR) is 72.1 cm³/mol. The zero-order valence-electron chi connectivity index (χ0n) is 11.5. The number of benzene rings is 1. The van der Waals surface area contributed by atoms with Crippen molar-refractivity contribution < 1.29 is 23.5 Å². The second kappa shape index (κ2) is 6.07. The molecule has 0 spiro atoms. The van der Waals surface area contributed by atoms with Gasteiger partial charge in [0.1, 0.15) is 11.5 Å². The standard InChI is InChI=1S/C14H16F2N2O3/c1-8-4-5-10(15)13(12(8)16)17-14(21)18-6-2-3-9(18)7-11(19)20/h4-5,9H,2-3,6-7H2,1H3,(H,17,21)(H,19,20). The van der Waals surface area contributed by atoms with Crippen LogP contribution in [0.5, 0.6) is 0 Å². The van der Waals surface area contributed by atoms with Crippen molar-refractivity contribution in [3.05, 3.63) is 29.3 Å². The molecule has 7 heteroatoms. The first kappa shape index (κ1) is 15.2. The molecule has 2 rings (SSSR count). The molecule has 1 aliphatic heterocycles. The van der Waals surface area contributed by atoms with Crippen molar-refractivity contribution >= 4 is 17.7 Å². The Morgan fingerprint density at radius 1 is 1.43 bits per heavy atom. The number of carbonyl (C=O) groups excluding carboxylic acids is 1. The molecule has 21 heavy (non-hydrogen) atoms. The second-order valence-corrected chi connectivity index (χ2v) is 5.07. The quantitative estimate of drug-likeness (QED) is 0.901. The average molecular weight is 298 g/mol. The second-order valence-electron chi connectivity index (χ2n) is 5.07. The molecule has 2 N–H and O–H groups in total. The van der Waals surface area contributed by atoms with Crippen molar-refractivity contribution in [3.8, 4) is 0 Å². The number of hydrogen-bond donors (Lipinski definition) is 2. The summed E-state index contributed by atoms with van der Waals surface area (Å²) in [6.07, 6.45) is 1.06. The first-order valence-electron chi connectivity index (χ1n) is 6.64. The normalized spacial score (nSPS) is 17.9. The molecule has 5 nitrogen and oxygen atoms in total. The van der Waals surface area contributed by atoms with Gasteiger partial charge in [0.25, 0.3) is 0 Å². The van der Waals surface area contributed by atoms with Crippen LogP contribution in [0.1, 0.15) is 24.8 Å². The lowest BCUT2D eigenvalue weighted by Gasteiger charge is -2.24. The molecule has 1 aromatic carbocycles. The van der Waals surface area contributed by atoms with Gasteiger partial charge in [0, 0.05) is 12.6 Å². The van der Waals surface area contributed by atoms with Gasteiger partial charge in [0.15, 0.2) is 5.82 Å². The van der Waals surface area contributed by atoms with Crippen molar-refractivity contribution in [2.75, 3.05) is 11.9 Å². The maximum atomic E-state index is 13.8. The minimum Gasteiger partial charge on any atom is -0.481 e. The minimum atomic E-state index is -1.01. The van der Waals surface area contributed by atoms with E-state index in [4.69, 9.17) is 5.11 Å². The highest BCUT2D eigenvalue weighted by atomic mass is 19.1. The van der Waals surface area contributed by atoms with E-state index in [0.717, 1.165) is 6.07 Å². The van der Waals surface area contributed by atoms with Gasteiger partial charge in [-0.05, 0) is 31.4 Å². The van der Waals surface area contributed by atoms with Crippen LogP contribution < -0.4 is 5.32 Å². The zero-order valence-corrected chi connectivity index (χ0v) is 11.5. The zero-order chi connectivity index (χ0) is 15.6. The van der Waals surface area contributed by atoms with Gasteiger partial charge in [-0.2, -0.15) is 0 Å². The molecular formula is C14H16F2N2O3. The Morgan fingerprint density at radius 2 is 2.14 bits per heavy atom. The number of likely N-dealkylation sites (tertiary alicyclic amines) is 1. The van der Waals surface area contributed by atoms with E-state index in [2.05, 4.69) is 5.32 Å². The molecule has 1 heterocycles. The number of nitrogens with zero attached hydrogens (tertiary/aromatic N) is 1. The van der Waals surface area contributed by atoms with E-state index in [1.165, 1.54) is 17.9 Å². The van der Waals surface area contributed by atoms with Gasteiger partial charge in [-0.1, -0.05) is 6.07 Å². The van der Waals surface area contributed by atoms with Crippen molar-refractivity contribution in [1.29, 1.82) is 0 Å². The molecule has 0 radical (unpaired) electrons. The molecule has 1 saturated heterocycles. The topological polar surface area (TPSA) is 69.6 Å². The molecule has 1 unspecified atom stereocenters. The van der Waals surface area contributed by atoms with E-state index in [0.29, 0.717) is 19.4 Å². The number of anilines is 1. The maximum absolute atomic E-state index is 13.8. The molecule has 114 valence electrons. The Bertz CT molecular complexity index is 578. The molecule has 1 aromatic rings. The Balaban J connectivity index is 2.15. The summed E-state index contributed by atoms with van der Waals surface area (Å²) in [5.41, 5.74) is -0.281.